The van der Waals surface area contributed by atoms with Gasteiger partial charge in [-0.25, -0.2) is 4.98 Å². The van der Waals surface area contributed by atoms with Gasteiger partial charge in [0.2, 0.25) is 11.8 Å². The molecular weight excluding hydrogens is 348 g/mol. The Morgan fingerprint density at radius 1 is 1.19 bits per heavy atom. The van der Waals surface area contributed by atoms with Crippen LogP contribution in [0.25, 0.3) is 10.2 Å². The van der Waals surface area contributed by atoms with Crippen LogP contribution < -0.4 is 16.4 Å². The molecule has 0 radical (unpaired) electrons. The van der Waals surface area contributed by atoms with Crippen molar-refractivity contribution in [1.29, 1.82) is 0 Å². The Hall–Kier alpha value is -2.77. The number of benzene rings is 2. The molecule has 26 heavy (non-hydrogen) atoms. The molecule has 0 aliphatic heterocycles. The third-order valence-corrected chi connectivity index (χ3v) is 4.83. The maximum Gasteiger partial charge on any atom is 0.249 e. The van der Waals surface area contributed by atoms with Crippen LogP contribution in [0, 0.1) is 6.92 Å². The van der Waals surface area contributed by atoms with Gasteiger partial charge in [-0.2, -0.15) is 0 Å². The minimum Gasteiger partial charge on any atom is -0.343 e. The molecule has 6 nitrogen and oxygen atoms in total. The first-order valence-corrected chi connectivity index (χ1v) is 9.08. The monoisotopic (exact) mass is 368 g/mol. The van der Waals surface area contributed by atoms with E-state index in [0.717, 1.165) is 21.3 Å². The van der Waals surface area contributed by atoms with Crippen LogP contribution in [0.5, 0.6) is 0 Å². The lowest BCUT2D eigenvalue weighted by atomic mass is 10.1. The van der Waals surface area contributed by atoms with E-state index >= 15 is 0 Å². The van der Waals surface area contributed by atoms with Crippen LogP contribution in [0.1, 0.15) is 11.1 Å². The van der Waals surface area contributed by atoms with Gasteiger partial charge in [0, 0.05) is 6.42 Å². The standard InChI is InChI=1S/C19H20N4O2S/c1-12-7-8-14-16(9-12)26-19(22-14)23-18(25)15(21-17(24)11-20)10-13-5-3-2-4-6-13/h2-9,15H,10-11,20H2,1H3,(H,21,24)(H,22,23,25)/t15-/m0/s1. The van der Waals surface area contributed by atoms with Crippen molar-refractivity contribution < 1.29 is 9.59 Å². The zero-order valence-corrected chi connectivity index (χ0v) is 15.2. The summed E-state index contributed by atoms with van der Waals surface area (Å²) in [4.78, 5) is 28.9. The van der Waals surface area contributed by atoms with Gasteiger partial charge in [0.15, 0.2) is 5.13 Å². The number of nitrogens with one attached hydrogen (secondary N) is 2. The molecule has 2 amide bonds. The maximum absolute atomic E-state index is 12.7. The van der Waals surface area contributed by atoms with Crippen LogP contribution >= 0.6 is 11.3 Å². The summed E-state index contributed by atoms with van der Waals surface area (Å²) >= 11 is 1.41. The number of aromatic nitrogens is 1. The second-order valence-electron chi connectivity index (χ2n) is 5.99. The summed E-state index contributed by atoms with van der Waals surface area (Å²) in [6.45, 7) is 1.84. The molecular formula is C19H20N4O2S. The van der Waals surface area contributed by atoms with Crippen molar-refractivity contribution in [2.75, 3.05) is 11.9 Å². The minimum absolute atomic E-state index is 0.168. The van der Waals surface area contributed by atoms with Crippen LogP contribution in [0.2, 0.25) is 0 Å². The van der Waals surface area contributed by atoms with Crippen molar-refractivity contribution in [1.82, 2.24) is 10.3 Å². The smallest absolute Gasteiger partial charge is 0.249 e. The van der Waals surface area contributed by atoms with Crippen LogP contribution in [0.4, 0.5) is 5.13 Å². The van der Waals surface area contributed by atoms with Gasteiger partial charge in [0.25, 0.3) is 0 Å². The summed E-state index contributed by atoms with van der Waals surface area (Å²) in [6.07, 6.45) is 0.377. The van der Waals surface area contributed by atoms with E-state index in [4.69, 9.17) is 5.73 Å². The second-order valence-corrected chi connectivity index (χ2v) is 7.02. The number of thiazole rings is 1. The Labute approximate surface area is 155 Å². The number of nitrogens with two attached hydrogens (primary N) is 1. The normalized spacial score (nSPS) is 11.9. The molecule has 0 bridgehead atoms. The molecule has 134 valence electrons. The number of carbonyl (C=O) groups excluding carboxylic acids is 2. The molecule has 7 heteroatoms. The number of hydrogen-bond donors (Lipinski definition) is 3. The van der Waals surface area contributed by atoms with Crippen LogP contribution in [-0.4, -0.2) is 29.4 Å². The number of anilines is 1. The molecule has 2 aromatic carbocycles. The largest absolute Gasteiger partial charge is 0.343 e. The van der Waals surface area contributed by atoms with Crippen molar-refractivity contribution >= 4 is 38.5 Å². The molecule has 0 aliphatic rings. The average Bonchev–Trinajstić information content (AvgIpc) is 3.03. The summed E-state index contributed by atoms with van der Waals surface area (Å²) in [5.74, 6) is -0.688. The van der Waals surface area contributed by atoms with Gasteiger partial charge in [-0.3, -0.25) is 9.59 Å². The second kappa shape index (κ2) is 8.07. The van der Waals surface area contributed by atoms with Crippen molar-refractivity contribution in [3.05, 3.63) is 59.7 Å². The van der Waals surface area contributed by atoms with E-state index < -0.39 is 6.04 Å². The molecule has 1 aromatic heterocycles. The summed E-state index contributed by atoms with van der Waals surface area (Å²) in [5.41, 5.74) is 8.30. The van der Waals surface area contributed by atoms with E-state index in [1.54, 1.807) is 0 Å². The predicted molar refractivity (Wildman–Crippen MR) is 104 cm³/mol. The number of aryl methyl sites for hydroxylation is 1. The van der Waals surface area contributed by atoms with Crippen LogP contribution in [0.15, 0.2) is 48.5 Å². The number of fused-ring (bicyclic) bond motifs is 1. The average molecular weight is 368 g/mol. The molecule has 0 unspecified atom stereocenters. The van der Waals surface area contributed by atoms with Crippen LogP contribution in [0.3, 0.4) is 0 Å². The minimum atomic E-state index is -0.720. The lowest BCUT2D eigenvalue weighted by molar-refractivity contribution is -0.125. The third kappa shape index (κ3) is 4.44. The summed E-state index contributed by atoms with van der Waals surface area (Å²) in [6, 6.07) is 14.7. The van der Waals surface area contributed by atoms with Gasteiger partial charge in [-0.15, -0.1) is 0 Å². The lowest BCUT2D eigenvalue weighted by Gasteiger charge is -2.17. The third-order valence-electron chi connectivity index (χ3n) is 3.89. The quantitative estimate of drug-likeness (QED) is 0.621. The highest BCUT2D eigenvalue weighted by Gasteiger charge is 2.22. The van der Waals surface area contributed by atoms with Gasteiger partial charge in [0.05, 0.1) is 16.8 Å². The van der Waals surface area contributed by atoms with Gasteiger partial charge in [-0.1, -0.05) is 47.7 Å². The molecule has 3 rings (SSSR count). The van der Waals surface area contributed by atoms with Crippen molar-refractivity contribution in [2.45, 2.75) is 19.4 Å². The highest BCUT2D eigenvalue weighted by molar-refractivity contribution is 7.22. The zero-order valence-electron chi connectivity index (χ0n) is 14.4. The number of amides is 2. The molecule has 1 heterocycles. The van der Waals surface area contributed by atoms with Gasteiger partial charge >= 0.3 is 0 Å². The fraction of sp³-hybridized carbons (Fsp3) is 0.211. The van der Waals surface area contributed by atoms with Crippen molar-refractivity contribution in [2.24, 2.45) is 5.73 Å². The first-order chi connectivity index (χ1) is 12.5. The number of nitrogens with zero attached hydrogens (tertiary/aromatic N) is 1. The zero-order chi connectivity index (χ0) is 18.5. The summed E-state index contributed by atoms with van der Waals surface area (Å²) in [5, 5.41) is 6.00. The summed E-state index contributed by atoms with van der Waals surface area (Å²) < 4.78 is 1.01. The number of carbonyl (C=O) groups is 2. The Bertz CT molecular complexity index is 924. The lowest BCUT2D eigenvalue weighted by Crippen LogP contribution is -2.47. The molecule has 0 aliphatic carbocycles. The first-order valence-electron chi connectivity index (χ1n) is 8.26. The van der Waals surface area contributed by atoms with Gasteiger partial charge in [0.1, 0.15) is 6.04 Å². The van der Waals surface area contributed by atoms with E-state index in [1.807, 2.05) is 55.5 Å². The first kappa shape index (κ1) is 18.0. The Balaban J connectivity index is 1.77. The van der Waals surface area contributed by atoms with E-state index in [1.165, 1.54) is 11.3 Å². The van der Waals surface area contributed by atoms with Crippen molar-refractivity contribution in [3.8, 4) is 0 Å². The van der Waals surface area contributed by atoms with E-state index in [2.05, 4.69) is 15.6 Å². The Morgan fingerprint density at radius 2 is 1.96 bits per heavy atom. The van der Waals surface area contributed by atoms with Crippen molar-refractivity contribution in [3.63, 3.8) is 0 Å². The molecule has 0 saturated heterocycles. The molecule has 4 N–H and O–H groups in total. The molecule has 1 atom stereocenters. The fourth-order valence-corrected chi connectivity index (χ4v) is 3.56. The maximum atomic E-state index is 12.7. The molecule has 0 saturated carbocycles. The van der Waals surface area contributed by atoms with Gasteiger partial charge < -0.3 is 16.4 Å². The van der Waals surface area contributed by atoms with E-state index in [0.29, 0.717) is 11.6 Å². The number of rotatable bonds is 6. The molecule has 0 fully saturated rings. The SMILES string of the molecule is Cc1ccc2nc(NC(=O)[C@H](Cc3ccccc3)NC(=O)CN)sc2c1. The van der Waals surface area contributed by atoms with E-state index in [9.17, 15) is 9.59 Å². The molecule has 0 spiro atoms. The highest BCUT2D eigenvalue weighted by atomic mass is 32.1. The Morgan fingerprint density at radius 3 is 2.69 bits per heavy atom. The number of hydrogen-bond acceptors (Lipinski definition) is 5. The topological polar surface area (TPSA) is 97.1 Å². The molecule has 3 aromatic rings. The fourth-order valence-electron chi connectivity index (χ4n) is 2.59. The predicted octanol–water partition coefficient (Wildman–Crippen LogP) is 2.23. The highest BCUT2D eigenvalue weighted by Crippen LogP contribution is 2.26. The van der Waals surface area contributed by atoms with E-state index in [-0.39, 0.29) is 18.4 Å². The van der Waals surface area contributed by atoms with Gasteiger partial charge in [-0.05, 0) is 30.2 Å². The summed E-state index contributed by atoms with van der Waals surface area (Å²) in [7, 11) is 0. The Kier molecular flexibility index (Phi) is 5.60. The van der Waals surface area contributed by atoms with Crippen LogP contribution in [-0.2, 0) is 16.0 Å².